The summed E-state index contributed by atoms with van der Waals surface area (Å²) in [6.07, 6.45) is 0. The summed E-state index contributed by atoms with van der Waals surface area (Å²) in [4.78, 5) is 11.0. The van der Waals surface area contributed by atoms with Crippen LogP contribution in [0.1, 0.15) is 17.4 Å². The van der Waals surface area contributed by atoms with Crippen molar-refractivity contribution in [1.82, 2.24) is 9.78 Å². The summed E-state index contributed by atoms with van der Waals surface area (Å²) in [7, 11) is 0. The maximum absolute atomic E-state index is 12.9. The minimum atomic E-state index is -1.18. The highest BCUT2D eigenvalue weighted by Crippen LogP contribution is 2.31. The maximum atomic E-state index is 12.9. The molecule has 1 heterocycles. The van der Waals surface area contributed by atoms with E-state index in [1.165, 1.54) is 28.9 Å². The Kier molecular flexibility index (Phi) is 3.34. The highest BCUT2D eigenvalue weighted by molar-refractivity contribution is 6.35. The monoisotopic (exact) mass is 268 g/mol. The number of rotatable bonds is 3. The summed E-state index contributed by atoms with van der Waals surface area (Å²) in [6.45, 7) is 2.29. The Morgan fingerprint density at radius 2 is 2.06 bits per heavy atom. The molecule has 0 aliphatic carbocycles. The number of hydrogen-bond donors (Lipinski definition) is 1. The molecule has 0 aliphatic rings. The molecule has 1 aromatic carbocycles. The molecular formula is C12H10ClFN2O2. The molecule has 0 atom stereocenters. The van der Waals surface area contributed by atoms with E-state index in [1.54, 1.807) is 0 Å². The average Bonchev–Trinajstić information content (AvgIpc) is 2.67. The van der Waals surface area contributed by atoms with Crippen molar-refractivity contribution < 1.29 is 14.3 Å². The molecule has 0 spiro atoms. The van der Waals surface area contributed by atoms with E-state index in [0.29, 0.717) is 17.8 Å². The molecule has 0 amide bonds. The zero-order valence-electron chi connectivity index (χ0n) is 9.52. The number of carboxylic acids is 1. The minimum Gasteiger partial charge on any atom is -0.476 e. The number of aromatic carboxylic acids is 1. The second-order valence-corrected chi connectivity index (χ2v) is 4.02. The Balaban J connectivity index is 2.62. The molecule has 0 bridgehead atoms. The summed E-state index contributed by atoms with van der Waals surface area (Å²) >= 11 is 6.02. The van der Waals surface area contributed by atoms with Gasteiger partial charge in [-0.3, -0.25) is 4.68 Å². The largest absolute Gasteiger partial charge is 0.476 e. The number of benzene rings is 1. The minimum absolute atomic E-state index is 0.0657. The Morgan fingerprint density at radius 3 is 2.56 bits per heavy atom. The Hall–Kier alpha value is -1.88. The van der Waals surface area contributed by atoms with E-state index < -0.39 is 5.97 Å². The standard InChI is InChI=1S/C12H10ClFN2O2/c1-2-16-11(7-3-5-8(14)6-4-7)9(13)10(15-16)12(17)18/h3-6H,2H2,1H3,(H,17,18). The third-order valence-corrected chi connectivity index (χ3v) is 2.87. The van der Waals surface area contributed by atoms with E-state index in [1.807, 2.05) is 6.92 Å². The van der Waals surface area contributed by atoms with Gasteiger partial charge >= 0.3 is 5.97 Å². The topological polar surface area (TPSA) is 55.1 Å². The van der Waals surface area contributed by atoms with Gasteiger partial charge in [-0.1, -0.05) is 11.6 Å². The summed E-state index contributed by atoms with van der Waals surface area (Å²) in [6, 6.07) is 5.66. The van der Waals surface area contributed by atoms with Gasteiger partial charge in [0.05, 0.1) is 5.69 Å². The fourth-order valence-corrected chi connectivity index (χ4v) is 2.01. The molecule has 0 saturated carbocycles. The van der Waals surface area contributed by atoms with E-state index in [4.69, 9.17) is 16.7 Å². The van der Waals surface area contributed by atoms with Crippen molar-refractivity contribution in [3.8, 4) is 11.3 Å². The quantitative estimate of drug-likeness (QED) is 0.931. The molecule has 1 N–H and O–H groups in total. The molecule has 0 radical (unpaired) electrons. The van der Waals surface area contributed by atoms with Gasteiger partial charge in [0.15, 0.2) is 5.69 Å². The summed E-state index contributed by atoms with van der Waals surface area (Å²) in [5.41, 5.74) is 0.914. The molecule has 0 unspecified atom stereocenters. The van der Waals surface area contributed by atoms with Crippen LogP contribution in [0.15, 0.2) is 24.3 Å². The van der Waals surface area contributed by atoms with Gasteiger partial charge in [-0.25, -0.2) is 9.18 Å². The molecule has 2 rings (SSSR count). The molecule has 6 heteroatoms. The van der Waals surface area contributed by atoms with Crippen molar-refractivity contribution in [1.29, 1.82) is 0 Å². The van der Waals surface area contributed by atoms with Crippen LogP contribution in [0, 0.1) is 5.82 Å². The molecule has 0 saturated heterocycles. The van der Waals surface area contributed by atoms with Crippen LogP contribution in [-0.2, 0) is 6.54 Å². The van der Waals surface area contributed by atoms with E-state index in [9.17, 15) is 9.18 Å². The number of aromatic nitrogens is 2. The third-order valence-electron chi connectivity index (χ3n) is 2.51. The lowest BCUT2D eigenvalue weighted by molar-refractivity contribution is 0.0689. The number of hydrogen-bond acceptors (Lipinski definition) is 2. The fourth-order valence-electron chi connectivity index (χ4n) is 1.69. The van der Waals surface area contributed by atoms with Gasteiger partial charge < -0.3 is 5.11 Å². The molecule has 2 aromatic rings. The van der Waals surface area contributed by atoms with Crippen molar-refractivity contribution in [2.24, 2.45) is 0 Å². The van der Waals surface area contributed by atoms with E-state index in [-0.39, 0.29) is 16.5 Å². The molecular weight excluding hydrogens is 259 g/mol. The molecule has 0 fully saturated rings. The van der Waals surface area contributed by atoms with Crippen LogP contribution in [0.4, 0.5) is 4.39 Å². The van der Waals surface area contributed by atoms with Crippen LogP contribution in [-0.4, -0.2) is 20.9 Å². The van der Waals surface area contributed by atoms with E-state index in [0.717, 1.165) is 0 Å². The Bertz CT molecular complexity index is 593. The van der Waals surface area contributed by atoms with E-state index >= 15 is 0 Å². The first-order valence-electron chi connectivity index (χ1n) is 5.30. The third kappa shape index (κ3) is 2.09. The summed E-state index contributed by atoms with van der Waals surface area (Å²) < 4.78 is 14.4. The lowest BCUT2D eigenvalue weighted by Crippen LogP contribution is -2.02. The lowest BCUT2D eigenvalue weighted by Gasteiger charge is -2.05. The summed E-state index contributed by atoms with van der Waals surface area (Å²) in [5, 5.41) is 13.0. The number of aryl methyl sites for hydroxylation is 1. The zero-order chi connectivity index (χ0) is 13.3. The number of halogens is 2. The maximum Gasteiger partial charge on any atom is 0.358 e. The lowest BCUT2D eigenvalue weighted by atomic mass is 10.1. The highest BCUT2D eigenvalue weighted by atomic mass is 35.5. The smallest absolute Gasteiger partial charge is 0.358 e. The van der Waals surface area contributed by atoms with Gasteiger partial charge in [-0.2, -0.15) is 5.10 Å². The normalized spacial score (nSPS) is 10.6. The van der Waals surface area contributed by atoms with Crippen LogP contribution in [0.3, 0.4) is 0 Å². The first kappa shape index (κ1) is 12.6. The van der Waals surface area contributed by atoms with Crippen LogP contribution in [0.25, 0.3) is 11.3 Å². The molecule has 18 heavy (non-hydrogen) atoms. The number of carbonyl (C=O) groups is 1. The average molecular weight is 269 g/mol. The number of carboxylic acid groups (broad SMARTS) is 1. The van der Waals surface area contributed by atoms with Gasteiger partial charge in [0.2, 0.25) is 0 Å². The van der Waals surface area contributed by atoms with Gasteiger partial charge in [-0.15, -0.1) is 0 Å². The van der Waals surface area contributed by atoms with Crippen molar-refractivity contribution in [2.75, 3.05) is 0 Å². The molecule has 0 aliphatic heterocycles. The van der Waals surface area contributed by atoms with Crippen LogP contribution >= 0.6 is 11.6 Å². The van der Waals surface area contributed by atoms with Crippen molar-refractivity contribution in [3.63, 3.8) is 0 Å². The predicted octanol–water partition coefficient (Wildman–Crippen LogP) is 3.06. The first-order chi connectivity index (χ1) is 8.54. The first-order valence-corrected chi connectivity index (χ1v) is 5.68. The van der Waals surface area contributed by atoms with Crippen molar-refractivity contribution in [2.45, 2.75) is 13.5 Å². The van der Waals surface area contributed by atoms with E-state index in [2.05, 4.69) is 5.10 Å². The van der Waals surface area contributed by atoms with Gasteiger partial charge in [0.25, 0.3) is 0 Å². The van der Waals surface area contributed by atoms with Crippen LogP contribution in [0.2, 0.25) is 5.02 Å². The second-order valence-electron chi connectivity index (χ2n) is 3.64. The van der Waals surface area contributed by atoms with Crippen molar-refractivity contribution >= 4 is 17.6 Å². The molecule has 1 aromatic heterocycles. The highest BCUT2D eigenvalue weighted by Gasteiger charge is 2.21. The molecule has 4 nitrogen and oxygen atoms in total. The number of nitrogens with zero attached hydrogens (tertiary/aromatic N) is 2. The Morgan fingerprint density at radius 1 is 1.44 bits per heavy atom. The van der Waals surface area contributed by atoms with Gasteiger partial charge in [-0.05, 0) is 31.2 Å². The van der Waals surface area contributed by atoms with Gasteiger partial charge in [0.1, 0.15) is 10.8 Å². The SMILES string of the molecule is CCn1nc(C(=O)O)c(Cl)c1-c1ccc(F)cc1. The van der Waals surface area contributed by atoms with Gasteiger partial charge in [0, 0.05) is 12.1 Å². The van der Waals surface area contributed by atoms with Crippen LogP contribution < -0.4 is 0 Å². The predicted molar refractivity (Wildman–Crippen MR) is 65.3 cm³/mol. The molecule has 94 valence electrons. The fraction of sp³-hybridized carbons (Fsp3) is 0.167. The van der Waals surface area contributed by atoms with Crippen molar-refractivity contribution in [3.05, 3.63) is 40.8 Å². The van der Waals surface area contributed by atoms with Crippen LogP contribution in [0.5, 0.6) is 0 Å². The zero-order valence-corrected chi connectivity index (χ0v) is 10.3. The second kappa shape index (κ2) is 4.78. The Labute approximate surface area is 108 Å². The summed E-state index contributed by atoms with van der Waals surface area (Å²) in [5.74, 6) is -1.55.